The van der Waals surface area contributed by atoms with Gasteiger partial charge < -0.3 is 0 Å². The highest BCUT2D eigenvalue weighted by Gasteiger charge is 2.16. The number of hydrogen-bond donors (Lipinski definition) is 1. The third kappa shape index (κ3) is 2.09. The fourth-order valence-electron chi connectivity index (χ4n) is 1.72. The van der Waals surface area contributed by atoms with Crippen molar-refractivity contribution in [2.45, 2.75) is 6.92 Å². The van der Waals surface area contributed by atoms with E-state index in [1.807, 2.05) is 19.1 Å². The van der Waals surface area contributed by atoms with Gasteiger partial charge in [0.1, 0.15) is 11.6 Å². The number of halogens is 2. The fraction of sp³-hybridized carbons (Fsp3) is 0.0714. The van der Waals surface area contributed by atoms with Crippen LogP contribution in [0, 0.1) is 24.0 Å². The molecule has 2 aromatic carbocycles. The molecule has 0 amide bonds. The maximum Gasteiger partial charge on any atom is 0.135 e. The monoisotopic (exact) mass is 231 g/mol. The van der Waals surface area contributed by atoms with E-state index in [0.717, 1.165) is 17.7 Å². The molecular formula is C14H11F2N. The van der Waals surface area contributed by atoms with Gasteiger partial charge in [0.25, 0.3) is 0 Å². The number of hydrogen-bond acceptors (Lipinski definition) is 1. The second-order valence-corrected chi connectivity index (χ2v) is 3.79. The topological polar surface area (TPSA) is 23.9 Å². The lowest BCUT2D eigenvalue weighted by Gasteiger charge is -2.09. The lowest BCUT2D eigenvalue weighted by molar-refractivity contribution is 0.579. The minimum Gasteiger partial charge on any atom is -0.299 e. The largest absolute Gasteiger partial charge is 0.299 e. The SMILES string of the molecule is Cc1ccccc1C(=N)c1c(F)cccc1F. The summed E-state index contributed by atoms with van der Waals surface area (Å²) < 4.78 is 27.1. The highest BCUT2D eigenvalue weighted by atomic mass is 19.1. The molecule has 0 bridgehead atoms. The van der Waals surface area contributed by atoms with E-state index >= 15 is 0 Å². The molecule has 0 spiro atoms. The lowest BCUT2D eigenvalue weighted by Crippen LogP contribution is -2.08. The first-order chi connectivity index (χ1) is 8.11. The molecule has 0 radical (unpaired) electrons. The standard InChI is InChI=1S/C14H11F2N/c1-9-5-2-3-6-10(9)14(17)13-11(15)7-4-8-12(13)16/h2-8,17H,1H3. The molecule has 2 rings (SSSR count). The lowest BCUT2D eigenvalue weighted by atomic mass is 9.98. The van der Waals surface area contributed by atoms with Gasteiger partial charge in [0.15, 0.2) is 0 Å². The van der Waals surface area contributed by atoms with E-state index in [0.29, 0.717) is 5.56 Å². The van der Waals surface area contributed by atoms with Crippen molar-refractivity contribution in [1.82, 2.24) is 0 Å². The summed E-state index contributed by atoms with van der Waals surface area (Å²) in [6.07, 6.45) is 0. The summed E-state index contributed by atoms with van der Waals surface area (Å²) in [5.41, 5.74) is 0.956. The van der Waals surface area contributed by atoms with Crippen molar-refractivity contribution < 1.29 is 8.78 Å². The molecule has 0 fully saturated rings. The van der Waals surface area contributed by atoms with Crippen LogP contribution in [0.1, 0.15) is 16.7 Å². The van der Waals surface area contributed by atoms with Crippen LogP contribution in [0.25, 0.3) is 0 Å². The Hall–Kier alpha value is -2.03. The smallest absolute Gasteiger partial charge is 0.135 e. The van der Waals surface area contributed by atoms with E-state index in [1.165, 1.54) is 6.07 Å². The molecular weight excluding hydrogens is 220 g/mol. The minimum atomic E-state index is -0.710. The van der Waals surface area contributed by atoms with Crippen molar-refractivity contribution in [1.29, 1.82) is 5.41 Å². The predicted molar refractivity (Wildman–Crippen MR) is 63.5 cm³/mol. The van der Waals surface area contributed by atoms with E-state index in [1.54, 1.807) is 12.1 Å². The van der Waals surface area contributed by atoms with Crippen LogP contribution >= 0.6 is 0 Å². The van der Waals surface area contributed by atoms with E-state index in [-0.39, 0.29) is 11.3 Å². The first-order valence-electron chi connectivity index (χ1n) is 5.20. The summed E-state index contributed by atoms with van der Waals surface area (Å²) in [6, 6.07) is 10.7. The Labute approximate surface area is 98.2 Å². The molecule has 0 aliphatic carbocycles. The summed E-state index contributed by atoms with van der Waals surface area (Å²) in [6.45, 7) is 1.81. The predicted octanol–water partition coefficient (Wildman–Crippen LogP) is 3.69. The number of rotatable bonds is 2. The van der Waals surface area contributed by atoms with Crippen molar-refractivity contribution >= 4 is 5.71 Å². The summed E-state index contributed by atoms with van der Waals surface area (Å²) >= 11 is 0. The van der Waals surface area contributed by atoms with Crippen LogP contribution < -0.4 is 0 Å². The van der Waals surface area contributed by atoms with Crippen molar-refractivity contribution in [2.24, 2.45) is 0 Å². The van der Waals surface area contributed by atoms with Gasteiger partial charge in [-0.1, -0.05) is 30.3 Å². The molecule has 3 heteroatoms. The zero-order valence-electron chi connectivity index (χ0n) is 9.30. The van der Waals surface area contributed by atoms with Gasteiger partial charge in [-0.05, 0) is 24.6 Å². The summed E-state index contributed by atoms with van der Waals surface area (Å²) in [5, 5.41) is 7.91. The number of nitrogens with one attached hydrogen (secondary N) is 1. The molecule has 0 saturated heterocycles. The zero-order valence-corrected chi connectivity index (χ0v) is 9.30. The molecule has 86 valence electrons. The van der Waals surface area contributed by atoms with E-state index in [4.69, 9.17) is 5.41 Å². The molecule has 0 heterocycles. The molecule has 0 aromatic heterocycles. The maximum atomic E-state index is 13.5. The van der Waals surface area contributed by atoms with Crippen LogP contribution in [-0.4, -0.2) is 5.71 Å². The molecule has 0 unspecified atom stereocenters. The molecule has 0 atom stereocenters. The first kappa shape index (κ1) is 11.5. The third-order valence-electron chi connectivity index (χ3n) is 2.63. The van der Waals surface area contributed by atoms with Gasteiger partial charge in [-0.2, -0.15) is 0 Å². The Morgan fingerprint density at radius 1 is 0.941 bits per heavy atom. The Kier molecular flexibility index (Phi) is 3.00. The Morgan fingerprint density at radius 2 is 1.53 bits per heavy atom. The van der Waals surface area contributed by atoms with E-state index in [9.17, 15) is 8.78 Å². The van der Waals surface area contributed by atoms with E-state index < -0.39 is 11.6 Å². The third-order valence-corrected chi connectivity index (χ3v) is 2.63. The fourth-order valence-corrected chi connectivity index (χ4v) is 1.72. The normalized spacial score (nSPS) is 10.3. The maximum absolute atomic E-state index is 13.5. The summed E-state index contributed by atoms with van der Waals surface area (Å²) in [4.78, 5) is 0. The van der Waals surface area contributed by atoms with Crippen molar-refractivity contribution in [2.75, 3.05) is 0 Å². The van der Waals surface area contributed by atoms with Crippen LogP contribution in [0.15, 0.2) is 42.5 Å². The van der Waals surface area contributed by atoms with Crippen LogP contribution in [-0.2, 0) is 0 Å². The zero-order chi connectivity index (χ0) is 12.4. The van der Waals surface area contributed by atoms with Gasteiger partial charge in [0.05, 0.1) is 11.3 Å². The number of aryl methyl sites for hydroxylation is 1. The Morgan fingerprint density at radius 3 is 2.12 bits per heavy atom. The Balaban J connectivity index is 2.56. The molecule has 1 N–H and O–H groups in total. The van der Waals surface area contributed by atoms with Gasteiger partial charge in [0.2, 0.25) is 0 Å². The second-order valence-electron chi connectivity index (χ2n) is 3.79. The molecule has 17 heavy (non-hydrogen) atoms. The van der Waals surface area contributed by atoms with Gasteiger partial charge in [-0.3, -0.25) is 5.41 Å². The molecule has 0 aliphatic heterocycles. The van der Waals surface area contributed by atoms with Gasteiger partial charge in [-0.15, -0.1) is 0 Å². The summed E-state index contributed by atoms with van der Waals surface area (Å²) in [5.74, 6) is -1.42. The molecule has 2 aromatic rings. The Bertz CT molecular complexity index is 556. The van der Waals surface area contributed by atoms with Crippen molar-refractivity contribution in [3.8, 4) is 0 Å². The van der Waals surface area contributed by atoms with Gasteiger partial charge in [-0.25, -0.2) is 8.78 Å². The summed E-state index contributed by atoms with van der Waals surface area (Å²) in [7, 11) is 0. The van der Waals surface area contributed by atoms with Crippen LogP contribution in [0.2, 0.25) is 0 Å². The second kappa shape index (κ2) is 4.45. The van der Waals surface area contributed by atoms with Crippen LogP contribution in [0.3, 0.4) is 0 Å². The van der Waals surface area contributed by atoms with E-state index in [2.05, 4.69) is 0 Å². The minimum absolute atomic E-state index is 0.126. The highest BCUT2D eigenvalue weighted by molar-refractivity contribution is 6.12. The quantitative estimate of drug-likeness (QED) is 0.762. The average molecular weight is 231 g/mol. The van der Waals surface area contributed by atoms with Crippen molar-refractivity contribution in [3.05, 3.63) is 70.8 Å². The number of benzene rings is 2. The molecule has 0 saturated carbocycles. The average Bonchev–Trinajstić information content (AvgIpc) is 2.29. The highest BCUT2D eigenvalue weighted by Crippen LogP contribution is 2.19. The van der Waals surface area contributed by atoms with Gasteiger partial charge >= 0.3 is 0 Å². The van der Waals surface area contributed by atoms with Crippen molar-refractivity contribution in [3.63, 3.8) is 0 Å². The first-order valence-corrected chi connectivity index (χ1v) is 5.20. The molecule has 0 aliphatic rings. The van der Waals surface area contributed by atoms with Crippen LogP contribution in [0.4, 0.5) is 8.78 Å². The van der Waals surface area contributed by atoms with Gasteiger partial charge in [0, 0.05) is 5.56 Å². The van der Waals surface area contributed by atoms with Crippen LogP contribution in [0.5, 0.6) is 0 Å². The molecule has 1 nitrogen and oxygen atoms in total.